The molecule has 0 unspecified atom stereocenters. The number of carbonyl (C=O) groups is 2. The van der Waals surface area contributed by atoms with Gasteiger partial charge in [-0.2, -0.15) is 0 Å². The molecule has 0 saturated heterocycles. The van der Waals surface area contributed by atoms with E-state index in [2.05, 4.69) is 10.6 Å². The molecule has 4 aliphatic carbocycles. The minimum atomic E-state index is -0.179. The Hall–Kier alpha value is -2.24. The monoisotopic (exact) mass is 400 g/mol. The lowest BCUT2D eigenvalue weighted by Gasteiger charge is -2.56. The average Bonchev–Trinajstić information content (AvgIpc) is 2.69. The predicted molar refractivity (Wildman–Crippen MR) is 110 cm³/mol. The van der Waals surface area contributed by atoms with Crippen molar-refractivity contribution in [3.63, 3.8) is 0 Å². The van der Waals surface area contributed by atoms with Crippen LogP contribution in [0.15, 0.2) is 24.3 Å². The van der Waals surface area contributed by atoms with Crippen molar-refractivity contribution in [1.82, 2.24) is 10.6 Å². The summed E-state index contributed by atoms with van der Waals surface area (Å²) < 4.78 is 10.7. The van der Waals surface area contributed by atoms with Crippen LogP contribution in [0.4, 0.5) is 0 Å². The zero-order valence-electron chi connectivity index (χ0n) is 17.2. The maximum atomic E-state index is 12.5. The van der Waals surface area contributed by atoms with E-state index in [0.717, 1.165) is 29.3 Å². The third-order valence-electron chi connectivity index (χ3n) is 6.90. The lowest BCUT2D eigenvalue weighted by atomic mass is 9.49. The Labute approximate surface area is 172 Å². The summed E-state index contributed by atoms with van der Waals surface area (Å²) in [6.45, 7) is 0.808. The highest BCUT2D eigenvalue weighted by Crippen LogP contribution is 2.61. The first kappa shape index (κ1) is 20.0. The molecule has 4 aliphatic rings. The van der Waals surface area contributed by atoms with Gasteiger partial charge in [0.15, 0.2) is 0 Å². The van der Waals surface area contributed by atoms with E-state index in [4.69, 9.17) is 9.47 Å². The SMILES string of the molecule is COc1ccc(OCCNC(=O)CNC(=O)CC23CC4CC(CC(C4)C2)C3)cc1. The van der Waals surface area contributed by atoms with Crippen LogP contribution in [-0.2, 0) is 9.59 Å². The van der Waals surface area contributed by atoms with Crippen LogP contribution < -0.4 is 20.1 Å². The summed E-state index contributed by atoms with van der Waals surface area (Å²) in [4.78, 5) is 24.5. The van der Waals surface area contributed by atoms with E-state index < -0.39 is 0 Å². The smallest absolute Gasteiger partial charge is 0.239 e. The highest BCUT2D eigenvalue weighted by molar-refractivity contribution is 5.84. The van der Waals surface area contributed by atoms with E-state index in [-0.39, 0.29) is 23.8 Å². The molecule has 4 bridgehead atoms. The molecule has 6 nitrogen and oxygen atoms in total. The van der Waals surface area contributed by atoms with Crippen LogP contribution in [0.2, 0.25) is 0 Å². The van der Waals surface area contributed by atoms with Crippen molar-refractivity contribution < 1.29 is 19.1 Å². The van der Waals surface area contributed by atoms with Crippen LogP contribution in [0.25, 0.3) is 0 Å². The molecule has 0 spiro atoms. The van der Waals surface area contributed by atoms with Gasteiger partial charge in [0.1, 0.15) is 18.1 Å². The normalized spacial score (nSPS) is 29.3. The van der Waals surface area contributed by atoms with E-state index >= 15 is 0 Å². The summed E-state index contributed by atoms with van der Waals surface area (Å²) in [5.41, 5.74) is 0.210. The molecule has 29 heavy (non-hydrogen) atoms. The molecular weight excluding hydrogens is 368 g/mol. The summed E-state index contributed by atoms with van der Waals surface area (Å²) in [7, 11) is 1.62. The second-order valence-corrected chi connectivity index (χ2v) is 9.25. The fourth-order valence-corrected chi connectivity index (χ4v) is 6.18. The van der Waals surface area contributed by atoms with E-state index in [1.807, 2.05) is 24.3 Å². The summed E-state index contributed by atoms with van der Waals surface area (Å²) >= 11 is 0. The Bertz CT molecular complexity index is 696. The first-order chi connectivity index (χ1) is 14.0. The van der Waals surface area contributed by atoms with Gasteiger partial charge in [0.05, 0.1) is 20.2 Å². The number of rotatable bonds is 9. The van der Waals surface area contributed by atoms with Crippen LogP contribution in [0, 0.1) is 23.2 Å². The van der Waals surface area contributed by atoms with Gasteiger partial charge < -0.3 is 20.1 Å². The van der Waals surface area contributed by atoms with Crippen LogP contribution in [0.1, 0.15) is 44.9 Å². The third kappa shape index (κ3) is 5.03. The molecule has 0 aromatic heterocycles. The zero-order valence-corrected chi connectivity index (χ0v) is 17.2. The molecule has 4 fully saturated rings. The fourth-order valence-electron chi connectivity index (χ4n) is 6.18. The average molecular weight is 401 g/mol. The summed E-state index contributed by atoms with van der Waals surface area (Å²) in [5, 5.41) is 5.61. The predicted octanol–water partition coefficient (Wildman–Crippen LogP) is 2.91. The van der Waals surface area contributed by atoms with Crippen molar-refractivity contribution in [2.75, 3.05) is 26.8 Å². The van der Waals surface area contributed by atoms with E-state index in [0.29, 0.717) is 19.6 Å². The second-order valence-electron chi connectivity index (χ2n) is 9.25. The van der Waals surface area contributed by atoms with Gasteiger partial charge in [0.2, 0.25) is 11.8 Å². The molecule has 1 aromatic carbocycles. The number of hydrogen-bond acceptors (Lipinski definition) is 4. The summed E-state index contributed by atoms with van der Waals surface area (Å²) in [6.07, 6.45) is 8.35. The summed E-state index contributed by atoms with van der Waals surface area (Å²) in [5.74, 6) is 3.85. The van der Waals surface area contributed by atoms with Gasteiger partial charge in [0, 0.05) is 6.42 Å². The molecule has 0 aliphatic heterocycles. The topological polar surface area (TPSA) is 76.7 Å². The van der Waals surface area contributed by atoms with Crippen LogP contribution in [0.3, 0.4) is 0 Å². The van der Waals surface area contributed by atoms with Gasteiger partial charge in [-0.15, -0.1) is 0 Å². The number of hydrogen-bond donors (Lipinski definition) is 2. The Morgan fingerprint density at radius 3 is 2.10 bits per heavy atom. The minimum Gasteiger partial charge on any atom is -0.497 e. The molecule has 1 aromatic rings. The number of amides is 2. The van der Waals surface area contributed by atoms with Gasteiger partial charge in [-0.05, 0) is 86.0 Å². The standard InChI is InChI=1S/C23H32N2O4/c1-28-19-2-4-20(5-3-19)29-7-6-24-22(27)15-25-21(26)14-23-11-16-8-17(12-23)10-18(9-16)13-23/h2-5,16-18H,6-15H2,1H3,(H,24,27)(H,25,26). The van der Waals surface area contributed by atoms with Crippen molar-refractivity contribution in [3.05, 3.63) is 24.3 Å². The Morgan fingerprint density at radius 1 is 0.931 bits per heavy atom. The van der Waals surface area contributed by atoms with Crippen LogP contribution in [-0.4, -0.2) is 38.6 Å². The molecule has 0 heterocycles. The fraction of sp³-hybridized carbons (Fsp3) is 0.652. The van der Waals surface area contributed by atoms with Gasteiger partial charge in [0.25, 0.3) is 0 Å². The van der Waals surface area contributed by atoms with Crippen molar-refractivity contribution in [1.29, 1.82) is 0 Å². The van der Waals surface area contributed by atoms with Crippen LogP contribution in [0.5, 0.6) is 11.5 Å². The first-order valence-electron chi connectivity index (χ1n) is 10.8. The van der Waals surface area contributed by atoms with Gasteiger partial charge >= 0.3 is 0 Å². The number of ether oxygens (including phenoxy) is 2. The number of methoxy groups -OCH3 is 1. The molecule has 158 valence electrons. The van der Waals surface area contributed by atoms with Crippen molar-refractivity contribution >= 4 is 11.8 Å². The maximum absolute atomic E-state index is 12.5. The largest absolute Gasteiger partial charge is 0.497 e. The number of nitrogens with one attached hydrogen (secondary N) is 2. The number of benzene rings is 1. The molecule has 0 atom stereocenters. The highest BCUT2D eigenvalue weighted by atomic mass is 16.5. The lowest BCUT2D eigenvalue weighted by molar-refractivity contribution is -0.131. The van der Waals surface area contributed by atoms with Crippen molar-refractivity contribution in [3.8, 4) is 11.5 Å². The van der Waals surface area contributed by atoms with Crippen molar-refractivity contribution in [2.24, 2.45) is 23.2 Å². The van der Waals surface area contributed by atoms with Gasteiger partial charge in [-0.25, -0.2) is 0 Å². The third-order valence-corrected chi connectivity index (χ3v) is 6.90. The maximum Gasteiger partial charge on any atom is 0.239 e. The molecular formula is C23H32N2O4. The Balaban J connectivity index is 1.12. The highest BCUT2D eigenvalue weighted by Gasteiger charge is 2.51. The van der Waals surface area contributed by atoms with E-state index in [1.165, 1.54) is 38.5 Å². The first-order valence-corrected chi connectivity index (χ1v) is 10.8. The lowest BCUT2D eigenvalue weighted by Crippen LogP contribution is -2.48. The second kappa shape index (κ2) is 8.64. The molecule has 4 saturated carbocycles. The Morgan fingerprint density at radius 2 is 1.52 bits per heavy atom. The van der Waals surface area contributed by atoms with E-state index in [9.17, 15) is 9.59 Å². The van der Waals surface area contributed by atoms with E-state index in [1.54, 1.807) is 7.11 Å². The number of carbonyl (C=O) groups excluding carboxylic acids is 2. The minimum absolute atomic E-state index is 0.0246. The quantitative estimate of drug-likeness (QED) is 0.625. The summed E-state index contributed by atoms with van der Waals surface area (Å²) in [6, 6.07) is 7.30. The molecule has 2 N–H and O–H groups in total. The molecule has 6 heteroatoms. The zero-order chi connectivity index (χ0) is 20.3. The molecule has 0 radical (unpaired) electrons. The van der Waals surface area contributed by atoms with Gasteiger partial charge in [-0.1, -0.05) is 0 Å². The Kier molecular flexibility index (Phi) is 5.97. The van der Waals surface area contributed by atoms with Crippen molar-refractivity contribution in [2.45, 2.75) is 44.9 Å². The van der Waals surface area contributed by atoms with Gasteiger partial charge in [-0.3, -0.25) is 9.59 Å². The molecule has 5 rings (SSSR count). The molecule has 2 amide bonds. The van der Waals surface area contributed by atoms with Crippen LogP contribution >= 0.6 is 0 Å².